The fraction of sp³-hybridized carbons (Fsp3) is 0.0976. The molecule has 0 fully saturated rings. The van der Waals surface area contributed by atoms with Gasteiger partial charge in [0.1, 0.15) is 0 Å². The zero-order chi connectivity index (χ0) is 31.8. The number of thioether (sulfide) groups is 1. The Labute approximate surface area is 275 Å². The Balaban J connectivity index is 1.16. The van der Waals surface area contributed by atoms with Crippen LogP contribution in [0.1, 0.15) is 29.5 Å². The van der Waals surface area contributed by atoms with Crippen LogP contribution in [0.5, 0.6) is 0 Å². The first-order chi connectivity index (χ1) is 22.9. The van der Waals surface area contributed by atoms with Crippen molar-refractivity contribution in [1.82, 2.24) is 15.0 Å². The predicted octanol–water partition coefficient (Wildman–Crippen LogP) is 10.7. The molecule has 0 spiro atoms. The molecule has 9 rings (SSSR count). The maximum atomic E-state index is 15.9. The van der Waals surface area contributed by atoms with Crippen LogP contribution in [-0.4, -0.2) is 19.7 Å². The SMILES string of the molecule is CC12C=CC=CC1c1cc(-c3ccc4c(c3)-c3cc(-c5nc(-c6ccccc6)nc(-c6ccccc6)n5)ccc3C4(F)F)ccc1S2. The van der Waals surface area contributed by atoms with E-state index in [1.54, 1.807) is 12.1 Å². The van der Waals surface area contributed by atoms with Crippen LogP contribution >= 0.6 is 11.8 Å². The molecule has 0 saturated heterocycles. The van der Waals surface area contributed by atoms with Crippen LogP contribution in [-0.2, 0) is 5.92 Å². The van der Waals surface area contributed by atoms with Gasteiger partial charge < -0.3 is 0 Å². The summed E-state index contributed by atoms with van der Waals surface area (Å²) in [7, 11) is 0. The summed E-state index contributed by atoms with van der Waals surface area (Å²) in [5, 5.41) is 0. The maximum absolute atomic E-state index is 15.9. The molecule has 0 N–H and O–H groups in total. The minimum atomic E-state index is -3.11. The van der Waals surface area contributed by atoms with Gasteiger partial charge in [0.15, 0.2) is 17.5 Å². The standard InChI is InChI=1S/C41H27F2N3S/c1-40-21-9-8-14-33(40)32-23-28(17-20-36(32)47-40)27-15-18-34-30(22-27)31-24-29(16-19-35(31)41(34,42)43)39-45-37(25-10-4-2-5-11-25)44-38(46-39)26-12-6-3-7-13-26/h2-24,33H,1H3. The Morgan fingerprint density at radius 2 is 1.11 bits per heavy atom. The van der Waals surface area contributed by atoms with E-state index in [0.29, 0.717) is 34.2 Å². The number of halogens is 2. The molecule has 6 aromatic rings. The number of hydrogen-bond donors (Lipinski definition) is 0. The first-order valence-electron chi connectivity index (χ1n) is 15.6. The summed E-state index contributed by atoms with van der Waals surface area (Å²) in [6.07, 6.45) is 8.76. The summed E-state index contributed by atoms with van der Waals surface area (Å²) in [6.45, 7) is 2.27. The molecule has 0 bridgehead atoms. The summed E-state index contributed by atoms with van der Waals surface area (Å²) in [5.41, 5.74) is 6.60. The van der Waals surface area contributed by atoms with Crippen LogP contribution in [0.3, 0.4) is 0 Å². The van der Waals surface area contributed by atoms with Crippen LogP contribution in [0.25, 0.3) is 56.4 Å². The molecule has 2 heterocycles. The zero-order valence-corrected chi connectivity index (χ0v) is 26.2. The Morgan fingerprint density at radius 1 is 0.574 bits per heavy atom. The minimum absolute atomic E-state index is 0.00530. The van der Waals surface area contributed by atoms with Gasteiger partial charge in [-0.15, -0.1) is 11.8 Å². The Hall–Kier alpha value is -5.20. The highest BCUT2D eigenvalue weighted by atomic mass is 32.2. The summed E-state index contributed by atoms with van der Waals surface area (Å²) < 4.78 is 31.8. The fourth-order valence-corrected chi connectivity index (χ4v) is 8.40. The minimum Gasteiger partial charge on any atom is -0.208 e. The summed E-state index contributed by atoms with van der Waals surface area (Å²) in [4.78, 5) is 15.7. The lowest BCUT2D eigenvalue weighted by Crippen LogP contribution is -2.22. The first kappa shape index (κ1) is 28.1. The highest BCUT2D eigenvalue weighted by Gasteiger charge is 2.45. The molecule has 226 valence electrons. The van der Waals surface area contributed by atoms with Crippen LogP contribution in [0.15, 0.2) is 144 Å². The van der Waals surface area contributed by atoms with E-state index in [1.807, 2.05) is 90.6 Å². The number of benzene rings is 5. The molecule has 47 heavy (non-hydrogen) atoms. The third-order valence-electron chi connectivity index (χ3n) is 9.43. The van der Waals surface area contributed by atoms with Crippen molar-refractivity contribution in [3.05, 3.63) is 156 Å². The van der Waals surface area contributed by atoms with Gasteiger partial charge in [-0.25, -0.2) is 15.0 Å². The largest absolute Gasteiger partial charge is 0.299 e. The van der Waals surface area contributed by atoms with Crippen molar-refractivity contribution in [2.24, 2.45) is 0 Å². The van der Waals surface area contributed by atoms with E-state index < -0.39 is 5.92 Å². The van der Waals surface area contributed by atoms with E-state index >= 15 is 8.78 Å². The molecule has 0 amide bonds. The van der Waals surface area contributed by atoms with Gasteiger partial charge in [0.2, 0.25) is 0 Å². The van der Waals surface area contributed by atoms with Gasteiger partial charge >= 0.3 is 0 Å². The Bertz CT molecular complexity index is 2220. The molecule has 2 unspecified atom stereocenters. The van der Waals surface area contributed by atoms with Crippen LogP contribution in [0.2, 0.25) is 0 Å². The smallest absolute Gasteiger partial charge is 0.208 e. The van der Waals surface area contributed by atoms with Gasteiger partial charge in [0.05, 0.1) is 0 Å². The average molecular weight is 632 g/mol. The Kier molecular flexibility index (Phi) is 6.21. The molecular weight excluding hydrogens is 605 g/mol. The third-order valence-corrected chi connectivity index (χ3v) is 10.9. The quantitative estimate of drug-likeness (QED) is 0.194. The topological polar surface area (TPSA) is 38.7 Å². The lowest BCUT2D eigenvalue weighted by molar-refractivity contribution is 0.0480. The van der Waals surface area contributed by atoms with Crippen LogP contribution in [0.4, 0.5) is 8.78 Å². The fourth-order valence-electron chi connectivity index (χ4n) is 7.01. The number of aromatic nitrogens is 3. The first-order valence-corrected chi connectivity index (χ1v) is 16.4. The van der Waals surface area contributed by atoms with Crippen molar-refractivity contribution in [3.8, 4) is 56.4 Å². The molecule has 1 aliphatic heterocycles. The number of hydrogen-bond acceptors (Lipinski definition) is 4. The molecule has 3 aliphatic rings. The van der Waals surface area contributed by atoms with Gasteiger partial charge in [-0.2, -0.15) is 8.78 Å². The van der Waals surface area contributed by atoms with E-state index in [9.17, 15) is 0 Å². The lowest BCUT2D eigenvalue weighted by Gasteiger charge is -2.27. The number of nitrogens with zero attached hydrogens (tertiary/aromatic N) is 3. The van der Waals surface area contributed by atoms with Gasteiger partial charge in [0, 0.05) is 43.4 Å². The van der Waals surface area contributed by atoms with Crippen LogP contribution < -0.4 is 0 Å². The van der Waals surface area contributed by atoms with Crippen molar-refractivity contribution in [2.75, 3.05) is 0 Å². The number of rotatable bonds is 4. The number of fused-ring (bicyclic) bond motifs is 6. The van der Waals surface area contributed by atoms with Crippen molar-refractivity contribution in [1.29, 1.82) is 0 Å². The highest BCUT2D eigenvalue weighted by molar-refractivity contribution is 8.01. The third kappa shape index (κ3) is 4.50. The van der Waals surface area contributed by atoms with E-state index in [2.05, 4.69) is 49.4 Å². The molecule has 2 atom stereocenters. The second kappa shape index (κ2) is 10.4. The van der Waals surface area contributed by atoms with E-state index in [4.69, 9.17) is 15.0 Å². The molecule has 6 heteroatoms. The van der Waals surface area contributed by atoms with E-state index in [0.717, 1.165) is 22.3 Å². The van der Waals surface area contributed by atoms with Crippen molar-refractivity contribution < 1.29 is 8.78 Å². The highest BCUT2D eigenvalue weighted by Crippen LogP contribution is 2.57. The summed E-state index contributed by atoms with van der Waals surface area (Å²) >= 11 is 1.88. The van der Waals surface area contributed by atoms with Gasteiger partial charge in [-0.05, 0) is 59.0 Å². The number of alkyl halides is 2. The van der Waals surface area contributed by atoms with Gasteiger partial charge in [-0.1, -0.05) is 115 Å². The van der Waals surface area contributed by atoms with Crippen molar-refractivity contribution in [2.45, 2.75) is 28.4 Å². The van der Waals surface area contributed by atoms with Crippen molar-refractivity contribution in [3.63, 3.8) is 0 Å². The molecule has 2 aliphatic carbocycles. The van der Waals surface area contributed by atoms with E-state index in [-0.39, 0.29) is 21.8 Å². The second-order valence-corrected chi connectivity index (χ2v) is 13.9. The monoisotopic (exact) mass is 631 g/mol. The summed E-state index contributed by atoms with van der Waals surface area (Å²) in [6, 6.07) is 36.3. The molecule has 3 nitrogen and oxygen atoms in total. The molecule has 0 saturated carbocycles. The van der Waals surface area contributed by atoms with Gasteiger partial charge in [0.25, 0.3) is 5.92 Å². The number of allylic oxidation sites excluding steroid dienone is 3. The van der Waals surface area contributed by atoms with Crippen LogP contribution in [0, 0.1) is 0 Å². The average Bonchev–Trinajstić information content (AvgIpc) is 3.54. The van der Waals surface area contributed by atoms with Crippen molar-refractivity contribution >= 4 is 11.8 Å². The normalized spacial score (nSPS) is 19.6. The Morgan fingerprint density at radius 3 is 1.74 bits per heavy atom. The maximum Gasteiger partial charge on any atom is 0.299 e. The second-order valence-electron chi connectivity index (χ2n) is 12.4. The summed E-state index contributed by atoms with van der Waals surface area (Å²) in [5.74, 6) is -1.35. The molecule has 5 aromatic carbocycles. The van der Waals surface area contributed by atoms with E-state index in [1.165, 1.54) is 16.5 Å². The molecule has 1 aromatic heterocycles. The molecule has 0 radical (unpaired) electrons. The molecular formula is C41H27F2N3S. The zero-order valence-electron chi connectivity index (χ0n) is 25.4. The van der Waals surface area contributed by atoms with Gasteiger partial charge in [-0.3, -0.25) is 0 Å². The predicted molar refractivity (Wildman–Crippen MR) is 185 cm³/mol. The lowest BCUT2D eigenvalue weighted by atomic mass is 9.83.